The highest BCUT2D eigenvalue weighted by Gasteiger charge is 2.23. The average molecular weight is 374 g/mol. The summed E-state index contributed by atoms with van der Waals surface area (Å²) in [4.78, 5) is 29.6. The molecule has 0 unspecified atom stereocenters. The summed E-state index contributed by atoms with van der Waals surface area (Å²) in [5.74, 6) is 0.920. The number of carbonyl (C=O) groups excluding carboxylic acids is 1. The van der Waals surface area contributed by atoms with Gasteiger partial charge >= 0.3 is 0 Å². The number of hydrogen-bond donors (Lipinski definition) is 1. The molecular weight excluding hydrogens is 352 g/mol. The lowest BCUT2D eigenvalue weighted by Crippen LogP contribution is -2.49. The number of nitrogens with zero attached hydrogens (tertiary/aromatic N) is 5. The topological polar surface area (TPSA) is 74.2 Å². The van der Waals surface area contributed by atoms with Gasteiger partial charge in [0.2, 0.25) is 0 Å². The molecule has 142 valence electrons. The average Bonchev–Trinajstić information content (AvgIpc) is 2.79. The summed E-state index contributed by atoms with van der Waals surface area (Å²) in [6, 6.07) is 13.5. The van der Waals surface area contributed by atoms with Gasteiger partial charge in [-0.25, -0.2) is 4.98 Å². The first-order valence-electron chi connectivity index (χ1n) is 9.34. The van der Waals surface area contributed by atoms with Crippen LogP contribution in [0.3, 0.4) is 0 Å². The molecule has 1 saturated heterocycles. The van der Waals surface area contributed by atoms with Crippen molar-refractivity contribution in [3.63, 3.8) is 0 Å². The smallest absolute Gasteiger partial charge is 0.272 e. The maximum atomic E-state index is 12.9. The van der Waals surface area contributed by atoms with Crippen molar-refractivity contribution < 1.29 is 4.79 Å². The summed E-state index contributed by atoms with van der Waals surface area (Å²) >= 11 is 0. The van der Waals surface area contributed by atoms with E-state index in [1.54, 1.807) is 24.8 Å². The number of anilines is 2. The number of hydrogen-bond acceptors (Lipinski definition) is 6. The van der Waals surface area contributed by atoms with E-state index in [0.29, 0.717) is 25.3 Å². The fourth-order valence-corrected chi connectivity index (χ4v) is 3.20. The Morgan fingerprint density at radius 3 is 2.50 bits per heavy atom. The van der Waals surface area contributed by atoms with Gasteiger partial charge < -0.3 is 15.1 Å². The zero-order chi connectivity index (χ0) is 19.2. The van der Waals surface area contributed by atoms with E-state index >= 15 is 0 Å². The minimum atomic E-state index is -0.0340. The SMILES string of the molecule is O=C(c1cc(NCc2ccncc2)ccn1)N1CCN(c2ccccn2)CC1. The summed E-state index contributed by atoms with van der Waals surface area (Å²) in [6.45, 7) is 3.52. The van der Waals surface area contributed by atoms with E-state index in [9.17, 15) is 4.79 Å². The third-order valence-electron chi connectivity index (χ3n) is 4.77. The van der Waals surface area contributed by atoms with Gasteiger partial charge in [0.15, 0.2) is 0 Å². The Morgan fingerprint density at radius 2 is 1.75 bits per heavy atom. The second-order valence-corrected chi connectivity index (χ2v) is 6.61. The summed E-state index contributed by atoms with van der Waals surface area (Å²) in [5, 5.41) is 3.33. The first-order valence-corrected chi connectivity index (χ1v) is 9.34. The fourth-order valence-electron chi connectivity index (χ4n) is 3.20. The van der Waals surface area contributed by atoms with Crippen molar-refractivity contribution in [2.75, 3.05) is 36.4 Å². The molecule has 4 heterocycles. The van der Waals surface area contributed by atoms with Crippen molar-refractivity contribution in [1.29, 1.82) is 0 Å². The van der Waals surface area contributed by atoms with Crippen molar-refractivity contribution in [3.8, 4) is 0 Å². The molecule has 1 fully saturated rings. The van der Waals surface area contributed by atoms with Crippen LogP contribution in [0.2, 0.25) is 0 Å². The fraction of sp³-hybridized carbons (Fsp3) is 0.238. The van der Waals surface area contributed by atoms with Gasteiger partial charge in [-0.2, -0.15) is 0 Å². The molecule has 0 bridgehead atoms. The van der Waals surface area contributed by atoms with E-state index in [2.05, 4.69) is 25.2 Å². The van der Waals surface area contributed by atoms with Crippen LogP contribution >= 0.6 is 0 Å². The van der Waals surface area contributed by atoms with Gasteiger partial charge in [-0.1, -0.05) is 6.07 Å². The van der Waals surface area contributed by atoms with Crippen LogP contribution in [0.5, 0.6) is 0 Å². The first-order chi connectivity index (χ1) is 13.8. The van der Waals surface area contributed by atoms with E-state index in [1.807, 2.05) is 47.4 Å². The molecule has 1 aliphatic rings. The van der Waals surface area contributed by atoms with E-state index < -0.39 is 0 Å². The summed E-state index contributed by atoms with van der Waals surface area (Å²) in [5.41, 5.74) is 2.47. The Morgan fingerprint density at radius 1 is 0.929 bits per heavy atom. The molecule has 7 heteroatoms. The highest BCUT2D eigenvalue weighted by Crippen LogP contribution is 2.16. The molecule has 0 radical (unpaired) electrons. The maximum Gasteiger partial charge on any atom is 0.272 e. The van der Waals surface area contributed by atoms with E-state index in [4.69, 9.17) is 0 Å². The maximum absolute atomic E-state index is 12.9. The second kappa shape index (κ2) is 8.47. The number of piperazine rings is 1. The molecule has 0 aromatic carbocycles. The van der Waals surface area contributed by atoms with Crippen molar-refractivity contribution in [1.82, 2.24) is 19.9 Å². The minimum absolute atomic E-state index is 0.0340. The zero-order valence-electron chi connectivity index (χ0n) is 15.5. The molecule has 3 aromatic heterocycles. The van der Waals surface area contributed by atoms with Crippen LogP contribution in [0, 0.1) is 0 Å². The Labute approximate surface area is 164 Å². The zero-order valence-corrected chi connectivity index (χ0v) is 15.5. The van der Waals surface area contributed by atoms with Crippen molar-refractivity contribution >= 4 is 17.4 Å². The molecule has 28 heavy (non-hydrogen) atoms. The molecule has 0 atom stereocenters. The van der Waals surface area contributed by atoms with Crippen LogP contribution in [-0.4, -0.2) is 51.9 Å². The second-order valence-electron chi connectivity index (χ2n) is 6.61. The van der Waals surface area contributed by atoms with Crippen LogP contribution in [-0.2, 0) is 6.54 Å². The van der Waals surface area contributed by atoms with Crippen LogP contribution in [0.15, 0.2) is 67.3 Å². The Bertz CT molecular complexity index is 910. The molecule has 1 aliphatic heterocycles. The number of rotatable bonds is 5. The molecule has 4 rings (SSSR count). The Kier molecular flexibility index (Phi) is 5.42. The molecule has 7 nitrogen and oxygen atoms in total. The molecule has 1 N–H and O–H groups in total. The number of pyridine rings is 3. The quantitative estimate of drug-likeness (QED) is 0.739. The van der Waals surface area contributed by atoms with Crippen molar-refractivity contribution in [3.05, 3.63) is 78.5 Å². The van der Waals surface area contributed by atoms with Gasteiger partial charge in [0.1, 0.15) is 11.5 Å². The number of amides is 1. The van der Waals surface area contributed by atoms with Crippen molar-refractivity contribution in [2.24, 2.45) is 0 Å². The summed E-state index contributed by atoms with van der Waals surface area (Å²) < 4.78 is 0. The molecule has 1 amide bonds. The third kappa shape index (κ3) is 4.25. The van der Waals surface area contributed by atoms with Gasteiger partial charge in [-0.3, -0.25) is 14.8 Å². The van der Waals surface area contributed by atoms with Crippen LogP contribution < -0.4 is 10.2 Å². The van der Waals surface area contributed by atoms with E-state index in [-0.39, 0.29) is 5.91 Å². The predicted molar refractivity (Wildman–Crippen MR) is 108 cm³/mol. The third-order valence-corrected chi connectivity index (χ3v) is 4.77. The molecule has 0 spiro atoms. The number of nitrogens with one attached hydrogen (secondary N) is 1. The molecule has 3 aromatic rings. The van der Waals surface area contributed by atoms with Gasteiger partial charge in [0.05, 0.1) is 0 Å². The predicted octanol–water partition coefficient (Wildman–Crippen LogP) is 2.45. The lowest BCUT2D eigenvalue weighted by Gasteiger charge is -2.35. The highest BCUT2D eigenvalue weighted by molar-refractivity contribution is 5.93. The number of carbonyl (C=O) groups is 1. The summed E-state index contributed by atoms with van der Waals surface area (Å²) in [7, 11) is 0. The number of aromatic nitrogens is 3. The van der Waals surface area contributed by atoms with Crippen LogP contribution in [0.25, 0.3) is 0 Å². The van der Waals surface area contributed by atoms with E-state index in [0.717, 1.165) is 30.2 Å². The monoisotopic (exact) mass is 374 g/mol. The molecule has 0 saturated carbocycles. The lowest BCUT2D eigenvalue weighted by atomic mass is 10.2. The first kappa shape index (κ1) is 17.9. The highest BCUT2D eigenvalue weighted by atomic mass is 16.2. The summed E-state index contributed by atoms with van der Waals surface area (Å²) in [6.07, 6.45) is 7.00. The van der Waals surface area contributed by atoms with Gasteiger partial charge in [0.25, 0.3) is 5.91 Å². The Hall–Kier alpha value is -3.48. The minimum Gasteiger partial charge on any atom is -0.381 e. The van der Waals surface area contributed by atoms with Gasteiger partial charge in [-0.05, 0) is 42.0 Å². The normalized spacial score (nSPS) is 14.0. The molecule has 0 aliphatic carbocycles. The van der Waals surface area contributed by atoms with Crippen LogP contribution in [0.1, 0.15) is 16.1 Å². The van der Waals surface area contributed by atoms with Crippen molar-refractivity contribution in [2.45, 2.75) is 6.54 Å². The standard InChI is InChI=1S/C21H22N6O/c28-21(27-13-11-26(12-14-27)20-3-1-2-7-24-20)19-15-18(6-10-23-19)25-16-17-4-8-22-9-5-17/h1-10,15H,11-14,16H2,(H,23,25). The van der Waals surface area contributed by atoms with Gasteiger partial charge in [0, 0.05) is 63.2 Å². The Balaban J connectivity index is 1.36. The lowest BCUT2D eigenvalue weighted by molar-refractivity contribution is 0.0740. The van der Waals surface area contributed by atoms with E-state index in [1.165, 1.54) is 0 Å². The van der Waals surface area contributed by atoms with Gasteiger partial charge in [-0.15, -0.1) is 0 Å². The molecular formula is C21H22N6O. The largest absolute Gasteiger partial charge is 0.381 e. The van der Waals surface area contributed by atoms with Crippen LogP contribution in [0.4, 0.5) is 11.5 Å².